The van der Waals surface area contributed by atoms with E-state index in [2.05, 4.69) is 10.6 Å². The average Bonchev–Trinajstić information content (AvgIpc) is 3.07. The van der Waals surface area contributed by atoms with Crippen LogP contribution in [0.1, 0.15) is 36.8 Å². The van der Waals surface area contributed by atoms with Crippen LogP contribution < -0.4 is 10.6 Å². The second kappa shape index (κ2) is 10.1. The number of carbonyl (C=O) groups excluding carboxylic acids is 2. The number of aliphatic hydroxyl groups is 1. The highest BCUT2D eigenvalue weighted by molar-refractivity contribution is 5.85. The van der Waals surface area contributed by atoms with E-state index in [9.17, 15) is 19.5 Å². The fourth-order valence-corrected chi connectivity index (χ4v) is 3.75. The zero-order valence-electron chi connectivity index (χ0n) is 17.2. The van der Waals surface area contributed by atoms with E-state index in [1.54, 1.807) is 6.92 Å². The Morgan fingerprint density at radius 1 is 1.03 bits per heavy atom. The molecule has 0 fully saturated rings. The van der Waals surface area contributed by atoms with Gasteiger partial charge >= 0.3 is 12.1 Å². The van der Waals surface area contributed by atoms with Crippen LogP contribution in [0.4, 0.5) is 4.79 Å². The summed E-state index contributed by atoms with van der Waals surface area (Å²) in [6.07, 6.45) is -2.08. The third-order valence-electron chi connectivity index (χ3n) is 5.28. The molecule has 2 amide bonds. The van der Waals surface area contributed by atoms with Gasteiger partial charge in [-0.1, -0.05) is 55.5 Å². The van der Waals surface area contributed by atoms with Crippen LogP contribution in [0.3, 0.4) is 0 Å². The second-order valence-electron chi connectivity index (χ2n) is 7.43. The number of alkyl carbamates (subject to hydrolysis) is 1. The van der Waals surface area contributed by atoms with Gasteiger partial charge in [-0.15, -0.1) is 0 Å². The fraction of sp³-hybridized carbons (Fsp3) is 0.348. The van der Waals surface area contributed by atoms with Gasteiger partial charge in [-0.25, -0.2) is 4.79 Å². The molecule has 2 atom stereocenters. The van der Waals surface area contributed by atoms with Gasteiger partial charge in [0.2, 0.25) is 5.91 Å². The van der Waals surface area contributed by atoms with Gasteiger partial charge in [0.25, 0.3) is 0 Å². The van der Waals surface area contributed by atoms with Crippen LogP contribution in [0.15, 0.2) is 48.5 Å². The lowest BCUT2D eigenvalue weighted by atomic mass is 9.98. The van der Waals surface area contributed by atoms with E-state index < -0.39 is 36.5 Å². The van der Waals surface area contributed by atoms with Crippen LogP contribution in [0.2, 0.25) is 0 Å². The van der Waals surface area contributed by atoms with Crippen LogP contribution in [-0.2, 0) is 14.3 Å². The van der Waals surface area contributed by atoms with Gasteiger partial charge in [0.1, 0.15) is 12.6 Å². The lowest BCUT2D eigenvalue weighted by Crippen LogP contribution is -2.48. The molecule has 4 N–H and O–H groups in total. The summed E-state index contributed by atoms with van der Waals surface area (Å²) in [6.45, 7) is 1.64. The highest BCUT2D eigenvalue weighted by Gasteiger charge is 2.29. The van der Waals surface area contributed by atoms with Crippen molar-refractivity contribution in [2.45, 2.75) is 37.8 Å². The summed E-state index contributed by atoms with van der Waals surface area (Å²) in [5.74, 6) is -1.76. The Morgan fingerprint density at radius 3 is 2.16 bits per heavy atom. The number of aliphatic carboxylic acids is 1. The van der Waals surface area contributed by atoms with Crippen LogP contribution in [0.25, 0.3) is 11.1 Å². The standard InChI is InChI=1S/C23H26N2O6/c1-2-20(22(29)24-12-14(26)11-21(27)28)25-23(30)31-13-19-17-9-5-3-7-15(17)16-8-4-6-10-18(16)19/h3-10,14,19-20,26H,2,11-13H2,1H3,(H,24,29)(H,25,30)(H,27,28)/t14?,20-/m0/s1. The maximum absolute atomic E-state index is 12.3. The molecule has 0 aromatic heterocycles. The topological polar surface area (TPSA) is 125 Å². The molecule has 0 saturated heterocycles. The minimum Gasteiger partial charge on any atom is -0.481 e. The monoisotopic (exact) mass is 426 g/mol. The zero-order valence-corrected chi connectivity index (χ0v) is 17.2. The molecule has 0 spiro atoms. The molecule has 31 heavy (non-hydrogen) atoms. The van der Waals surface area contributed by atoms with Crippen molar-refractivity contribution in [2.24, 2.45) is 0 Å². The van der Waals surface area contributed by atoms with Gasteiger partial charge in [0, 0.05) is 12.5 Å². The second-order valence-corrected chi connectivity index (χ2v) is 7.43. The van der Waals surface area contributed by atoms with E-state index in [0.29, 0.717) is 6.42 Å². The fourth-order valence-electron chi connectivity index (χ4n) is 3.75. The lowest BCUT2D eigenvalue weighted by molar-refractivity contribution is -0.139. The number of nitrogens with one attached hydrogen (secondary N) is 2. The molecule has 164 valence electrons. The number of carboxylic acids is 1. The normalized spacial score (nSPS) is 14.1. The number of carboxylic acid groups (broad SMARTS) is 1. The molecule has 1 aliphatic carbocycles. The number of hydrogen-bond donors (Lipinski definition) is 4. The van der Waals surface area contributed by atoms with Crippen LogP contribution in [0.5, 0.6) is 0 Å². The van der Waals surface area contributed by atoms with Crippen molar-refractivity contribution in [1.82, 2.24) is 10.6 Å². The minimum atomic E-state index is -1.20. The summed E-state index contributed by atoms with van der Waals surface area (Å²) in [4.78, 5) is 35.2. The van der Waals surface area contributed by atoms with Crippen molar-refractivity contribution < 1.29 is 29.3 Å². The van der Waals surface area contributed by atoms with Crippen molar-refractivity contribution in [3.8, 4) is 11.1 Å². The summed E-state index contributed by atoms with van der Waals surface area (Å²) < 4.78 is 5.44. The molecule has 0 heterocycles. The van der Waals surface area contributed by atoms with Crippen LogP contribution >= 0.6 is 0 Å². The number of fused-ring (bicyclic) bond motifs is 3. The summed E-state index contributed by atoms with van der Waals surface area (Å²) >= 11 is 0. The summed E-state index contributed by atoms with van der Waals surface area (Å²) in [5.41, 5.74) is 4.43. The van der Waals surface area contributed by atoms with Gasteiger partial charge in [0.05, 0.1) is 12.5 Å². The van der Waals surface area contributed by atoms with E-state index >= 15 is 0 Å². The molecule has 0 radical (unpaired) electrons. The van der Waals surface area contributed by atoms with E-state index in [0.717, 1.165) is 22.3 Å². The van der Waals surface area contributed by atoms with Gasteiger partial charge in [-0.2, -0.15) is 0 Å². The number of rotatable bonds is 9. The molecule has 1 aliphatic rings. The number of aliphatic hydroxyl groups excluding tert-OH is 1. The van der Waals surface area contributed by atoms with Crippen molar-refractivity contribution in [1.29, 1.82) is 0 Å². The largest absolute Gasteiger partial charge is 0.481 e. The highest BCUT2D eigenvalue weighted by Crippen LogP contribution is 2.44. The lowest BCUT2D eigenvalue weighted by Gasteiger charge is -2.19. The third-order valence-corrected chi connectivity index (χ3v) is 5.28. The number of hydrogen-bond acceptors (Lipinski definition) is 5. The summed E-state index contributed by atoms with van der Waals surface area (Å²) in [6, 6.07) is 15.1. The Balaban J connectivity index is 1.56. The Bertz CT molecular complexity index is 915. The van der Waals surface area contributed by atoms with E-state index in [4.69, 9.17) is 9.84 Å². The first kappa shape index (κ1) is 22.3. The first-order valence-electron chi connectivity index (χ1n) is 10.2. The predicted octanol–water partition coefficient (Wildman–Crippen LogP) is 2.26. The number of ether oxygens (including phenoxy) is 1. The quantitative estimate of drug-likeness (QED) is 0.487. The Hall–Kier alpha value is -3.39. The number of benzene rings is 2. The number of carbonyl (C=O) groups is 3. The Morgan fingerprint density at radius 2 is 1.61 bits per heavy atom. The maximum Gasteiger partial charge on any atom is 0.407 e. The molecule has 0 saturated carbocycles. The SMILES string of the molecule is CC[C@H](NC(=O)OCC1c2ccccc2-c2ccccc21)C(=O)NCC(O)CC(=O)O. The Kier molecular flexibility index (Phi) is 7.25. The molecule has 8 heteroatoms. The first-order chi connectivity index (χ1) is 14.9. The van der Waals surface area contributed by atoms with Gasteiger partial charge in [0.15, 0.2) is 0 Å². The average molecular weight is 426 g/mol. The van der Waals surface area contributed by atoms with Crippen LogP contribution in [0, 0.1) is 0 Å². The third kappa shape index (κ3) is 5.40. The van der Waals surface area contributed by atoms with Gasteiger partial charge < -0.3 is 25.6 Å². The van der Waals surface area contributed by atoms with Crippen LogP contribution in [-0.4, -0.2) is 53.5 Å². The molecular formula is C23H26N2O6. The Labute approximate surface area is 180 Å². The maximum atomic E-state index is 12.3. The van der Waals surface area contributed by atoms with Gasteiger partial charge in [-0.3, -0.25) is 9.59 Å². The molecule has 3 rings (SSSR count). The van der Waals surface area contributed by atoms with Crippen molar-refractivity contribution in [2.75, 3.05) is 13.2 Å². The molecule has 0 aliphatic heterocycles. The minimum absolute atomic E-state index is 0.0850. The molecule has 0 bridgehead atoms. The molecule has 1 unspecified atom stereocenters. The number of amides is 2. The molecule has 2 aromatic rings. The van der Waals surface area contributed by atoms with E-state index in [-0.39, 0.29) is 19.1 Å². The summed E-state index contributed by atoms with van der Waals surface area (Å²) in [5, 5.41) is 23.2. The van der Waals surface area contributed by atoms with Crippen molar-refractivity contribution in [3.05, 3.63) is 59.7 Å². The van der Waals surface area contributed by atoms with E-state index in [1.165, 1.54) is 0 Å². The molecule has 8 nitrogen and oxygen atoms in total. The van der Waals surface area contributed by atoms with Gasteiger partial charge in [-0.05, 0) is 28.7 Å². The predicted molar refractivity (Wildman–Crippen MR) is 114 cm³/mol. The smallest absolute Gasteiger partial charge is 0.407 e. The van der Waals surface area contributed by atoms with E-state index in [1.807, 2.05) is 48.5 Å². The first-order valence-corrected chi connectivity index (χ1v) is 10.2. The highest BCUT2D eigenvalue weighted by atomic mass is 16.5. The molecule has 2 aromatic carbocycles. The van der Waals surface area contributed by atoms with Crippen molar-refractivity contribution >= 4 is 18.0 Å². The summed E-state index contributed by atoms with van der Waals surface area (Å²) in [7, 11) is 0. The molecular weight excluding hydrogens is 400 g/mol. The van der Waals surface area contributed by atoms with Crippen molar-refractivity contribution in [3.63, 3.8) is 0 Å². The zero-order chi connectivity index (χ0) is 22.4.